The maximum absolute atomic E-state index is 13.0. The second kappa shape index (κ2) is 6.56. The van der Waals surface area contributed by atoms with Crippen molar-refractivity contribution < 1.29 is 22.1 Å². The Morgan fingerprint density at radius 2 is 1.96 bits per heavy atom. The summed E-state index contributed by atoms with van der Waals surface area (Å²) in [6.45, 7) is -0.204. The first kappa shape index (κ1) is 17.3. The standard InChI is InChI=1S/C17H13FN4O4S/c18-12-3-1-10(2-4-12)17-21-16(26-22-17)9-19-27(24,25)13-5-6-14-11(7-13)8-15(23)20-14/h1-7,19H,8-9H2,(H,20,23). The number of nitrogens with one attached hydrogen (secondary N) is 2. The number of carbonyl (C=O) groups excluding carboxylic acids is 1. The van der Waals surface area contributed by atoms with E-state index in [0.717, 1.165) is 0 Å². The Labute approximate surface area is 153 Å². The number of halogens is 1. The molecule has 2 aromatic carbocycles. The van der Waals surface area contributed by atoms with Crippen LogP contribution in [0.2, 0.25) is 0 Å². The molecule has 0 aliphatic carbocycles. The fraction of sp³-hybridized carbons (Fsp3) is 0.118. The molecule has 0 bridgehead atoms. The van der Waals surface area contributed by atoms with E-state index in [1.165, 1.54) is 36.4 Å². The van der Waals surface area contributed by atoms with Gasteiger partial charge < -0.3 is 9.84 Å². The number of rotatable bonds is 5. The molecular weight excluding hydrogens is 375 g/mol. The van der Waals surface area contributed by atoms with Crippen LogP contribution in [0.4, 0.5) is 10.1 Å². The lowest BCUT2D eigenvalue weighted by Crippen LogP contribution is -2.23. The summed E-state index contributed by atoms with van der Waals surface area (Å²) >= 11 is 0. The fourth-order valence-electron chi connectivity index (χ4n) is 2.66. The molecule has 0 atom stereocenters. The van der Waals surface area contributed by atoms with Crippen LogP contribution in [0.3, 0.4) is 0 Å². The number of nitrogens with zero attached hydrogens (tertiary/aromatic N) is 2. The van der Waals surface area contributed by atoms with Gasteiger partial charge in [-0.25, -0.2) is 17.5 Å². The van der Waals surface area contributed by atoms with E-state index in [-0.39, 0.29) is 41.3 Å². The van der Waals surface area contributed by atoms with Crippen LogP contribution in [-0.4, -0.2) is 24.5 Å². The molecule has 1 aromatic heterocycles. The summed E-state index contributed by atoms with van der Waals surface area (Å²) in [7, 11) is -3.82. The van der Waals surface area contributed by atoms with Gasteiger partial charge in [-0.3, -0.25) is 4.79 Å². The van der Waals surface area contributed by atoms with Crippen molar-refractivity contribution >= 4 is 21.6 Å². The number of benzene rings is 2. The van der Waals surface area contributed by atoms with Crippen molar-refractivity contribution in [3.63, 3.8) is 0 Å². The van der Waals surface area contributed by atoms with Gasteiger partial charge in [-0.05, 0) is 48.0 Å². The highest BCUT2D eigenvalue weighted by Gasteiger charge is 2.22. The van der Waals surface area contributed by atoms with E-state index in [4.69, 9.17) is 4.52 Å². The number of fused-ring (bicyclic) bond motifs is 1. The minimum atomic E-state index is -3.82. The van der Waals surface area contributed by atoms with Gasteiger partial charge in [0.15, 0.2) is 0 Å². The molecule has 2 heterocycles. The molecule has 0 spiro atoms. The largest absolute Gasteiger partial charge is 0.338 e. The molecule has 10 heteroatoms. The minimum Gasteiger partial charge on any atom is -0.338 e. The molecule has 1 amide bonds. The average Bonchev–Trinajstić information content (AvgIpc) is 3.25. The highest BCUT2D eigenvalue weighted by molar-refractivity contribution is 7.89. The Bertz CT molecular complexity index is 1130. The maximum Gasteiger partial charge on any atom is 0.242 e. The summed E-state index contributed by atoms with van der Waals surface area (Å²) in [4.78, 5) is 15.5. The van der Waals surface area contributed by atoms with Crippen LogP contribution in [0.15, 0.2) is 51.9 Å². The second-order valence-electron chi connectivity index (χ2n) is 5.89. The van der Waals surface area contributed by atoms with E-state index >= 15 is 0 Å². The summed E-state index contributed by atoms with van der Waals surface area (Å²) in [5.41, 5.74) is 1.78. The van der Waals surface area contributed by atoms with Crippen molar-refractivity contribution in [1.29, 1.82) is 0 Å². The first-order valence-electron chi connectivity index (χ1n) is 7.92. The van der Waals surface area contributed by atoms with Gasteiger partial charge in [0.1, 0.15) is 5.82 Å². The zero-order chi connectivity index (χ0) is 19.0. The van der Waals surface area contributed by atoms with E-state index in [9.17, 15) is 17.6 Å². The molecule has 0 saturated heterocycles. The van der Waals surface area contributed by atoms with Crippen molar-refractivity contribution in [3.05, 3.63) is 59.7 Å². The Hall–Kier alpha value is -3.11. The number of sulfonamides is 1. The lowest BCUT2D eigenvalue weighted by atomic mass is 10.2. The summed E-state index contributed by atoms with van der Waals surface area (Å²) in [5.74, 6) is -0.268. The Morgan fingerprint density at radius 1 is 1.19 bits per heavy atom. The van der Waals surface area contributed by atoms with Gasteiger partial charge in [-0.1, -0.05) is 5.16 Å². The van der Waals surface area contributed by atoms with E-state index in [1.54, 1.807) is 6.07 Å². The topological polar surface area (TPSA) is 114 Å². The summed E-state index contributed by atoms with van der Waals surface area (Å²) in [6.07, 6.45) is 0.142. The monoisotopic (exact) mass is 388 g/mol. The van der Waals surface area contributed by atoms with Gasteiger partial charge in [-0.15, -0.1) is 0 Å². The third-order valence-corrected chi connectivity index (χ3v) is 5.39. The highest BCUT2D eigenvalue weighted by Crippen LogP contribution is 2.25. The molecular formula is C17H13FN4O4S. The van der Waals surface area contributed by atoms with Crippen LogP contribution in [0.1, 0.15) is 11.5 Å². The van der Waals surface area contributed by atoms with Crippen molar-refractivity contribution in [1.82, 2.24) is 14.9 Å². The number of aromatic nitrogens is 2. The third kappa shape index (κ3) is 3.57. The molecule has 3 aromatic rings. The van der Waals surface area contributed by atoms with E-state index in [2.05, 4.69) is 20.2 Å². The molecule has 1 aliphatic rings. The number of hydrogen-bond donors (Lipinski definition) is 2. The van der Waals surface area contributed by atoms with E-state index in [0.29, 0.717) is 16.8 Å². The minimum absolute atomic E-state index is 0.0380. The zero-order valence-corrected chi connectivity index (χ0v) is 14.6. The van der Waals surface area contributed by atoms with Gasteiger partial charge in [0.25, 0.3) is 0 Å². The number of hydrogen-bond acceptors (Lipinski definition) is 6. The Morgan fingerprint density at radius 3 is 2.74 bits per heavy atom. The van der Waals surface area contributed by atoms with Crippen LogP contribution >= 0.6 is 0 Å². The first-order valence-corrected chi connectivity index (χ1v) is 9.40. The summed E-state index contributed by atoms with van der Waals surface area (Å²) in [5, 5.41) is 6.40. The summed E-state index contributed by atoms with van der Waals surface area (Å²) < 4.78 is 45.3. The fourth-order valence-corrected chi connectivity index (χ4v) is 3.68. The smallest absolute Gasteiger partial charge is 0.242 e. The van der Waals surface area contributed by atoms with Crippen molar-refractivity contribution in [2.75, 3.05) is 5.32 Å². The molecule has 0 fully saturated rings. The third-order valence-electron chi connectivity index (χ3n) is 4.00. The van der Waals surface area contributed by atoms with Crippen LogP contribution in [0, 0.1) is 5.82 Å². The van der Waals surface area contributed by atoms with Crippen molar-refractivity contribution in [2.24, 2.45) is 0 Å². The SMILES string of the molecule is O=C1Cc2cc(S(=O)(=O)NCc3nc(-c4ccc(F)cc4)no3)ccc2N1. The van der Waals surface area contributed by atoms with Gasteiger partial charge >= 0.3 is 0 Å². The van der Waals surface area contributed by atoms with Crippen LogP contribution < -0.4 is 10.0 Å². The Balaban J connectivity index is 1.48. The number of amides is 1. The zero-order valence-electron chi connectivity index (χ0n) is 13.8. The van der Waals surface area contributed by atoms with Crippen LogP contribution in [0.25, 0.3) is 11.4 Å². The number of carbonyl (C=O) groups is 1. The molecule has 4 rings (SSSR count). The maximum atomic E-state index is 13.0. The van der Waals surface area contributed by atoms with Crippen molar-refractivity contribution in [3.8, 4) is 11.4 Å². The predicted octanol–water partition coefficient (Wildman–Crippen LogP) is 1.85. The highest BCUT2D eigenvalue weighted by atomic mass is 32.2. The molecule has 138 valence electrons. The Kier molecular flexibility index (Phi) is 4.21. The van der Waals surface area contributed by atoms with Gasteiger partial charge in [0, 0.05) is 11.3 Å². The molecule has 0 saturated carbocycles. The van der Waals surface area contributed by atoms with Crippen LogP contribution in [0.5, 0.6) is 0 Å². The summed E-state index contributed by atoms with van der Waals surface area (Å²) in [6, 6.07) is 9.93. The van der Waals surface area contributed by atoms with Gasteiger partial charge in [0.05, 0.1) is 17.9 Å². The lowest BCUT2D eigenvalue weighted by Gasteiger charge is -2.06. The van der Waals surface area contributed by atoms with Gasteiger partial charge in [-0.2, -0.15) is 4.98 Å². The molecule has 0 unspecified atom stereocenters. The second-order valence-corrected chi connectivity index (χ2v) is 7.65. The lowest BCUT2D eigenvalue weighted by molar-refractivity contribution is -0.115. The average molecular weight is 388 g/mol. The molecule has 0 radical (unpaired) electrons. The molecule has 1 aliphatic heterocycles. The van der Waals surface area contributed by atoms with E-state index < -0.39 is 10.0 Å². The normalized spacial score (nSPS) is 13.4. The van der Waals surface area contributed by atoms with Crippen molar-refractivity contribution in [2.45, 2.75) is 17.9 Å². The molecule has 27 heavy (non-hydrogen) atoms. The quantitative estimate of drug-likeness (QED) is 0.689. The first-order chi connectivity index (χ1) is 12.9. The number of anilines is 1. The predicted molar refractivity (Wildman–Crippen MR) is 92.5 cm³/mol. The van der Waals surface area contributed by atoms with Gasteiger partial charge in [0.2, 0.25) is 27.6 Å². The van der Waals surface area contributed by atoms with E-state index in [1.807, 2.05) is 0 Å². The molecule has 8 nitrogen and oxygen atoms in total. The molecule has 2 N–H and O–H groups in total. The van der Waals surface area contributed by atoms with Crippen LogP contribution in [-0.2, 0) is 27.8 Å².